The van der Waals surface area contributed by atoms with Gasteiger partial charge in [-0.15, -0.1) is 0 Å². The maximum atomic E-state index is 7.20. The van der Waals surface area contributed by atoms with Crippen molar-refractivity contribution < 1.29 is 8.85 Å². The summed E-state index contributed by atoms with van der Waals surface area (Å²) in [7, 11) is -3.96. The highest BCUT2D eigenvalue weighted by molar-refractivity contribution is 9.10. The predicted molar refractivity (Wildman–Crippen MR) is 144 cm³/mol. The van der Waals surface area contributed by atoms with Crippen LogP contribution in [0, 0.1) is 5.41 Å². The fourth-order valence-electron chi connectivity index (χ4n) is 3.20. The minimum Gasteiger partial charge on any atom is -0.416 e. The quantitative estimate of drug-likeness (QED) is 0.262. The van der Waals surface area contributed by atoms with Crippen molar-refractivity contribution in [2.45, 2.75) is 90.3 Å². The van der Waals surface area contributed by atoms with Crippen molar-refractivity contribution in [1.82, 2.24) is 0 Å². The molecule has 0 bridgehead atoms. The van der Waals surface area contributed by atoms with Crippen LogP contribution in [0.15, 0.2) is 53.0 Å². The van der Waals surface area contributed by atoms with Gasteiger partial charge < -0.3 is 8.85 Å². The maximum absolute atomic E-state index is 7.20. The Balaban J connectivity index is 2.58. The third-order valence-electron chi connectivity index (χ3n) is 7.51. The summed E-state index contributed by atoms with van der Waals surface area (Å²) in [5.41, 5.74) is 0.870. The molecule has 0 N–H and O–H groups in total. The number of hydrogen-bond acceptors (Lipinski definition) is 2. The minimum absolute atomic E-state index is 0.110. The third kappa shape index (κ3) is 6.11. The van der Waals surface area contributed by atoms with Gasteiger partial charge in [0.2, 0.25) is 0 Å². The van der Waals surface area contributed by atoms with Gasteiger partial charge in [-0.05, 0) is 54.3 Å². The van der Waals surface area contributed by atoms with E-state index < -0.39 is 16.6 Å². The lowest BCUT2D eigenvalue weighted by atomic mass is 9.77. The van der Waals surface area contributed by atoms with Gasteiger partial charge in [0.25, 0.3) is 0 Å². The molecule has 0 aliphatic heterocycles. The van der Waals surface area contributed by atoms with E-state index in [1.165, 1.54) is 5.56 Å². The SMILES string of the molecule is CC(C)(C)[Si](C)(C)OCC1([C@H](O[Si](C)(C)C(C)(C)C)c2ccccc2Br)C=CCC=C1. The predicted octanol–water partition coefficient (Wildman–Crippen LogP) is 9.04. The molecule has 1 atom stereocenters. The van der Waals surface area contributed by atoms with Crippen LogP contribution in [0.25, 0.3) is 0 Å². The highest BCUT2D eigenvalue weighted by Gasteiger charge is 2.47. The van der Waals surface area contributed by atoms with Crippen LogP contribution in [0.2, 0.25) is 36.3 Å². The molecule has 0 saturated carbocycles. The molecular formula is C26H43BrO2Si2. The number of hydrogen-bond donors (Lipinski definition) is 0. The molecule has 0 aromatic heterocycles. The Hall–Kier alpha value is -0.466. The molecule has 1 aliphatic rings. The average molecular weight is 524 g/mol. The van der Waals surface area contributed by atoms with E-state index >= 15 is 0 Å². The Bertz CT molecular complexity index is 801. The van der Waals surface area contributed by atoms with Crippen molar-refractivity contribution in [3.8, 4) is 0 Å². The molecule has 0 fully saturated rings. The zero-order valence-corrected chi connectivity index (χ0v) is 24.9. The molecule has 0 unspecified atom stereocenters. The zero-order chi connectivity index (χ0) is 23.7. The molecule has 2 rings (SSSR count). The van der Waals surface area contributed by atoms with Crippen LogP contribution in [-0.2, 0) is 8.85 Å². The minimum atomic E-state index is -2.05. The summed E-state index contributed by atoms with van der Waals surface area (Å²) in [5, 5.41) is 0.287. The summed E-state index contributed by atoms with van der Waals surface area (Å²) in [6, 6.07) is 8.51. The summed E-state index contributed by atoms with van der Waals surface area (Å²) in [6.45, 7) is 23.8. The van der Waals surface area contributed by atoms with E-state index in [1.807, 2.05) is 0 Å². The molecule has 1 aromatic carbocycles. The summed E-state index contributed by atoms with van der Waals surface area (Å²) in [5.74, 6) is 0. The van der Waals surface area contributed by atoms with Gasteiger partial charge in [0.15, 0.2) is 16.6 Å². The Morgan fingerprint density at radius 2 is 1.42 bits per heavy atom. The van der Waals surface area contributed by atoms with Gasteiger partial charge in [0.1, 0.15) is 0 Å². The normalized spacial score (nSPS) is 18.3. The molecule has 174 valence electrons. The Morgan fingerprint density at radius 1 is 0.903 bits per heavy atom. The van der Waals surface area contributed by atoms with Crippen LogP contribution < -0.4 is 0 Å². The second kappa shape index (κ2) is 9.42. The Labute approximate surface area is 201 Å². The van der Waals surface area contributed by atoms with Crippen molar-refractivity contribution in [1.29, 1.82) is 0 Å². The molecule has 1 aromatic rings. The van der Waals surface area contributed by atoms with Crippen LogP contribution in [0.5, 0.6) is 0 Å². The van der Waals surface area contributed by atoms with E-state index in [9.17, 15) is 0 Å². The molecule has 0 heterocycles. The van der Waals surface area contributed by atoms with E-state index in [-0.39, 0.29) is 21.6 Å². The summed E-state index contributed by atoms with van der Waals surface area (Å²) >= 11 is 3.82. The lowest BCUT2D eigenvalue weighted by Gasteiger charge is -2.47. The summed E-state index contributed by atoms with van der Waals surface area (Å²) in [4.78, 5) is 0. The van der Waals surface area contributed by atoms with Crippen molar-refractivity contribution >= 4 is 32.6 Å². The topological polar surface area (TPSA) is 18.5 Å². The van der Waals surface area contributed by atoms with Crippen LogP contribution in [-0.4, -0.2) is 23.2 Å². The van der Waals surface area contributed by atoms with Gasteiger partial charge in [0, 0.05) is 11.1 Å². The smallest absolute Gasteiger partial charge is 0.192 e. The lowest BCUT2D eigenvalue weighted by Crippen LogP contribution is -2.48. The Morgan fingerprint density at radius 3 is 1.90 bits per heavy atom. The van der Waals surface area contributed by atoms with Crippen molar-refractivity contribution in [2.75, 3.05) is 6.61 Å². The highest BCUT2D eigenvalue weighted by Crippen LogP contribution is 2.50. The maximum Gasteiger partial charge on any atom is 0.192 e. The first-order chi connectivity index (χ1) is 14.0. The fraction of sp³-hybridized carbons (Fsp3) is 0.615. The number of rotatable bonds is 7. The van der Waals surface area contributed by atoms with Crippen LogP contribution in [0.1, 0.15) is 59.6 Å². The van der Waals surface area contributed by atoms with Crippen molar-refractivity contribution in [2.24, 2.45) is 5.41 Å². The molecule has 1 aliphatic carbocycles. The second-order valence-electron chi connectivity index (χ2n) is 12.0. The molecule has 0 spiro atoms. The van der Waals surface area contributed by atoms with Gasteiger partial charge in [-0.2, -0.15) is 0 Å². The summed E-state index contributed by atoms with van der Waals surface area (Å²) < 4.78 is 15.1. The van der Waals surface area contributed by atoms with Gasteiger partial charge >= 0.3 is 0 Å². The van der Waals surface area contributed by atoms with Crippen LogP contribution in [0.4, 0.5) is 0 Å². The first-order valence-electron chi connectivity index (χ1n) is 11.4. The van der Waals surface area contributed by atoms with E-state index in [1.54, 1.807) is 0 Å². The van der Waals surface area contributed by atoms with Gasteiger partial charge in [-0.1, -0.05) is 100.0 Å². The largest absolute Gasteiger partial charge is 0.416 e. The van der Waals surface area contributed by atoms with Crippen molar-refractivity contribution in [3.05, 3.63) is 58.6 Å². The van der Waals surface area contributed by atoms with Crippen LogP contribution in [0.3, 0.4) is 0 Å². The van der Waals surface area contributed by atoms with Gasteiger partial charge in [-0.25, -0.2) is 0 Å². The van der Waals surface area contributed by atoms with E-state index in [0.29, 0.717) is 6.61 Å². The molecule has 5 heteroatoms. The van der Waals surface area contributed by atoms with Crippen LogP contribution >= 0.6 is 15.9 Å². The molecular weight excluding hydrogens is 480 g/mol. The second-order valence-corrected chi connectivity index (χ2v) is 22.4. The molecule has 2 nitrogen and oxygen atoms in total. The fourth-order valence-corrected chi connectivity index (χ4v) is 6.03. The summed E-state index contributed by atoms with van der Waals surface area (Å²) in [6.07, 6.45) is 10.1. The number of halogens is 1. The molecule has 0 saturated heterocycles. The highest BCUT2D eigenvalue weighted by atomic mass is 79.9. The third-order valence-corrected chi connectivity index (χ3v) is 17.2. The van der Waals surface area contributed by atoms with E-state index in [2.05, 4.69) is 132 Å². The first-order valence-corrected chi connectivity index (χ1v) is 18.0. The first kappa shape index (κ1) is 26.8. The van der Waals surface area contributed by atoms with Gasteiger partial charge in [0.05, 0.1) is 11.5 Å². The zero-order valence-electron chi connectivity index (χ0n) is 21.3. The van der Waals surface area contributed by atoms with Crippen molar-refractivity contribution in [3.63, 3.8) is 0 Å². The average Bonchev–Trinajstić information content (AvgIpc) is 2.64. The molecule has 0 amide bonds. The monoisotopic (exact) mass is 522 g/mol. The lowest BCUT2D eigenvalue weighted by molar-refractivity contribution is 0.0561. The number of allylic oxidation sites excluding steroid dienone is 2. The van der Waals surface area contributed by atoms with E-state index in [0.717, 1.165) is 10.9 Å². The molecule has 0 radical (unpaired) electrons. The Kier molecular flexibility index (Phi) is 8.14. The van der Waals surface area contributed by atoms with Gasteiger partial charge in [-0.3, -0.25) is 0 Å². The molecule has 31 heavy (non-hydrogen) atoms. The van der Waals surface area contributed by atoms with E-state index in [4.69, 9.17) is 8.85 Å². The number of benzene rings is 1. The standard InChI is InChI=1S/C26H43BrO2Si2/c1-24(2,3)30(7,8)28-20-26(18-14-11-15-19-26)23(21-16-12-13-17-22(21)27)29-31(9,10)25(4,5)6/h12-19,23H,11,20H2,1-10H3/t23-/m1/s1.